The van der Waals surface area contributed by atoms with E-state index in [1.807, 2.05) is 0 Å². The molecule has 0 rings (SSSR count). The molecule has 4 heteroatoms. The molecule has 0 radical (unpaired) electrons. The van der Waals surface area contributed by atoms with Gasteiger partial charge in [0.2, 0.25) is 0 Å². The van der Waals surface area contributed by atoms with Crippen LogP contribution in [0.25, 0.3) is 0 Å². The maximum atomic E-state index is 9.22. The van der Waals surface area contributed by atoms with Crippen molar-refractivity contribution in [1.29, 1.82) is 0 Å². The van der Waals surface area contributed by atoms with Crippen molar-refractivity contribution in [3.8, 4) is 0 Å². The lowest BCUT2D eigenvalue weighted by Gasteiger charge is -2.36. The Labute approximate surface area is 133 Å². The SMILES string of the molecule is CC(C)(C)[Si](C)(C)OCCCCCCCCC[C@@H](O)CO. The van der Waals surface area contributed by atoms with Gasteiger partial charge in [-0.3, -0.25) is 0 Å². The summed E-state index contributed by atoms with van der Waals surface area (Å²) in [5, 5.41) is 18.2. The minimum atomic E-state index is -1.55. The van der Waals surface area contributed by atoms with Gasteiger partial charge in [0.1, 0.15) is 0 Å². The van der Waals surface area contributed by atoms with Gasteiger partial charge in [-0.2, -0.15) is 0 Å². The first-order valence-electron chi connectivity index (χ1n) is 8.63. The van der Waals surface area contributed by atoms with Gasteiger partial charge in [-0.25, -0.2) is 0 Å². The molecule has 0 aliphatic carbocycles. The summed E-state index contributed by atoms with van der Waals surface area (Å²) in [6.45, 7) is 12.3. The first kappa shape index (κ1) is 21.1. The molecule has 2 N–H and O–H groups in total. The predicted molar refractivity (Wildman–Crippen MR) is 93.2 cm³/mol. The van der Waals surface area contributed by atoms with Crippen molar-refractivity contribution in [1.82, 2.24) is 0 Å². The zero-order valence-corrected chi connectivity index (χ0v) is 16.0. The zero-order valence-electron chi connectivity index (χ0n) is 15.0. The fourth-order valence-electron chi connectivity index (χ4n) is 2.00. The molecule has 128 valence electrons. The van der Waals surface area contributed by atoms with Crippen LogP contribution in [0.1, 0.15) is 72.1 Å². The lowest BCUT2D eigenvalue weighted by molar-refractivity contribution is 0.0860. The summed E-state index contributed by atoms with van der Waals surface area (Å²) in [5.74, 6) is 0. The highest BCUT2D eigenvalue weighted by Crippen LogP contribution is 2.36. The summed E-state index contributed by atoms with van der Waals surface area (Å²) in [6.07, 6.45) is 8.63. The third kappa shape index (κ3) is 10.4. The monoisotopic (exact) mass is 318 g/mol. The second-order valence-corrected chi connectivity index (χ2v) is 12.5. The summed E-state index contributed by atoms with van der Waals surface area (Å²) in [7, 11) is -1.55. The first-order valence-corrected chi connectivity index (χ1v) is 11.5. The van der Waals surface area contributed by atoms with Gasteiger partial charge in [0.15, 0.2) is 8.32 Å². The number of aliphatic hydroxyl groups is 2. The maximum Gasteiger partial charge on any atom is 0.191 e. The van der Waals surface area contributed by atoms with Crippen molar-refractivity contribution in [2.24, 2.45) is 0 Å². The molecule has 0 unspecified atom stereocenters. The number of rotatable bonds is 12. The van der Waals surface area contributed by atoms with Gasteiger partial charge >= 0.3 is 0 Å². The van der Waals surface area contributed by atoms with Gasteiger partial charge in [-0.05, 0) is 31.0 Å². The summed E-state index contributed by atoms with van der Waals surface area (Å²) < 4.78 is 6.17. The largest absolute Gasteiger partial charge is 0.417 e. The van der Waals surface area contributed by atoms with Crippen molar-refractivity contribution < 1.29 is 14.6 Å². The Balaban J connectivity index is 3.38. The minimum absolute atomic E-state index is 0.103. The molecule has 0 fully saturated rings. The third-order valence-corrected chi connectivity index (χ3v) is 9.20. The van der Waals surface area contributed by atoms with Crippen LogP contribution in [0, 0.1) is 0 Å². The number of hydrogen-bond donors (Lipinski definition) is 2. The summed E-state index contributed by atoms with van der Waals surface area (Å²) in [5.41, 5.74) is 0. The topological polar surface area (TPSA) is 49.7 Å². The second-order valence-electron chi connectivity index (χ2n) is 7.71. The van der Waals surface area contributed by atoms with Crippen LogP contribution >= 0.6 is 0 Å². The average Bonchev–Trinajstić information content (AvgIpc) is 2.39. The van der Waals surface area contributed by atoms with E-state index in [4.69, 9.17) is 9.53 Å². The average molecular weight is 319 g/mol. The Bertz CT molecular complexity index is 249. The molecule has 21 heavy (non-hydrogen) atoms. The fourth-order valence-corrected chi connectivity index (χ4v) is 3.09. The van der Waals surface area contributed by atoms with Crippen LogP contribution in [0.5, 0.6) is 0 Å². The lowest BCUT2D eigenvalue weighted by atomic mass is 10.1. The first-order chi connectivity index (χ1) is 9.70. The molecule has 0 saturated heterocycles. The Hall–Kier alpha value is 0.0969. The van der Waals surface area contributed by atoms with Crippen molar-refractivity contribution in [2.45, 2.75) is 96.4 Å². The Kier molecular flexibility index (Phi) is 10.8. The van der Waals surface area contributed by atoms with Gasteiger partial charge < -0.3 is 14.6 Å². The van der Waals surface area contributed by atoms with E-state index in [-0.39, 0.29) is 6.61 Å². The van der Waals surface area contributed by atoms with Gasteiger partial charge in [-0.1, -0.05) is 59.3 Å². The van der Waals surface area contributed by atoms with Crippen LogP contribution in [0.4, 0.5) is 0 Å². The quantitative estimate of drug-likeness (QED) is 0.412. The molecule has 0 saturated carbocycles. The van der Waals surface area contributed by atoms with Crippen molar-refractivity contribution >= 4 is 8.32 Å². The highest BCUT2D eigenvalue weighted by molar-refractivity contribution is 6.74. The van der Waals surface area contributed by atoms with Crippen LogP contribution in [-0.2, 0) is 4.43 Å². The van der Waals surface area contributed by atoms with Gasteiger partial charge in [0.25, 0.3) is 0 Å². The van der Waals surface area contributed by atoms with Crippen LogP contribution in [-0.4, -0.2) is 37.8 Å². The fraction of sp³-hybridized carbons (Fsp3) is 1.00. The summed E-state index contributed by atoms with van der Waals surface area (Å²) >= 11 is 0. The number of unbranched alkanes of at least 4 members (excludes halogenated alkanes) is 6. The molecule has 3 nitrogen and oxygen atoms in total. The molecular weight excluding hydrogens is 280 g/mol. The van der Waals surface area contributed by atoms with E-state index in [9.17, 15) is 5.11 Å². The van der Waals surface area contributed by atoms with E-state index >= 15 is 0 Å². The summed E-state index contributed by atoms with van der Waals surface area (Å²) in [4.78, 5) is 0. The van der Waals surface area contributed by atoms with E-state index in [1.165, 1.54) is 32.1 Å². The normalized spacial score (nSPS) is 14.4. The van der Waals surface area contributed by atoms with Gasteiger partial charge in [-0.15, -0.1) is 0 Å². The number of hydrogen-bond acceptors (Lipinski definition) is 3. The van der Waals surface area contributed by atoms with Crippen LogP contribution in [0.15, 0.2) is 0 Å². The smallest absolute Gasteiger partial charge is 0.191 e. The van der Waals surface area contributed by atoms with Crippen molar-refractivity contribution in [2.75, 3.05) is 13.2 Å². The van der Waals surface area contributed by atoms with Crippen LogP contribution in [0.2, 0.25) is 18.1 Å². The third-order valence-electron chi connectivity index (χ3n) is 4.66. The van der Waals surface area contributed by atoms with Crippen molar-refractivity contribution in [3.05, 3.63) is 0 Å². The Morgan fingerprint density at radius 3 is 1.86 bits per heavy atom. The highest BCUT2D eigenvalue weighted by atomic mass is 28.4. The highest BCUT2D eigenvalue weighted by Gasteiger charge is 2.36. The van der Waals surface area contributed by atoms with Crippen LogP contribution in [0.3, 0.4) is 0 Å². The van der Waals surface area contributed by atoms with E-state index in [0.29, 0.717) is 5.04 Å². The van der Waals surface area contributed by atoms with E-state index in [0.717, 1.165) is 25.9 Å². The molecule has 0 heterocycles. The lowest BCUT2D eigenvalue weighted by Crippen LogP contribution is -2.40. The molecule has 0 spiro atoms. The molecule has 0 aromatic rings. The Morgan fingerprint density at radius 1 is 0.905 bits per heavy atom. The molecule has 0 aromatic heterocycles. The number of aliphatic hydroxyl groups excluding tert-OH is 2. The minimum Gasteiger partial charge on any atom is -0.417 e. The predicted octanol–water partition coefficient (Wildman–Crippen LogP) is 4.48. The molecule has 0 bridgehead atoms. The Morgan fingerprint density at radius 2 is 1.38 bits per heavy atom. The van der Waals surface area contributed by atoms with Crippen LogP contribution < -0.4 is 0 Å². The second kappa shape index (κ2) is 10.8. The standard InChI is InChI=1S/C17H38O3Si/c1-17(2,3)21(4,5)20-14-12-10-8-6-7-9-11-13-16(19)15-18/h16,18-19H,6-15H2,1-5H3/t16-/m1/s1. The molecule has 0 aliphatic heterocycles. The molecule has 0 aromatic carbocycles. The van der Waals surface area contributed by atoms with Gasteiger partial charge in [0.05, 0.1) is 12.7 Å². The molecule has 0 amide bonds. The molecule has 0 aliphatic rings. The molecular formula is C17H38O3Si. The maximum absolute atomic E-state index is 9.22. The zero-order chi connectivity index (χ0) is 16.4. The van der Waals surface area contributed by atoms with Crippen molar-refractivity contribution in [3.63, 3.8) is 0 Å². The van der Waals surface area contributed by atoms with E-state index in [2.05, 4.69) is 33.9 Å². The van der Waals surface area contributed by atoms with Gasteiger partial charge in [0, 0.05) is 6.61 Å². The van der Waals surface area contributed by atoms with E-state index in [1.54, 1.807) is 0 Å². The van der Waals surface area contributed by atoms with E-state index < -0.39 is 14.4 Å². The molecule has 1 atom stereocenters. The summed E-state index contributed by atoms with van der Waals surface area (Å²) in [6, 6.07) is 0.